The molecule has 2 aromatic carbocycles. The fourth-order valence-electron chi connectivity index (χ4n) is 6.76. The zero-order chi connectivity index (χ0) is 31.6. The van der Waals surface area contributed by atoms with Gasteiger partial charge in [0, 0.05) is 32.7 Å². The van der Waals surface area contributed by atoms with Gasteiger partial charge in [0.05, 0.1) is 28.6 Å². The van der Waals surface area contributed by atoms with Crippen molar-refractivity contribution in [2.24, 2.45) is 11.3 Å². The smallest absolute Gasteiger partial charge is 0.416 e. The minimum absolute atomic E-state index is 0.0486. The largest absolute Gasteiger partial charge is 0.481 e. The van der Waals surface area contributed by atoms with Crippen LogP contribution in [0.2, 0.25) is 0 Å². The molecule has 234 valence electrons. The van der Waals surface area contributed by atoms with Crippen LogP contribution in [0.25, 0.3) is 0 Å². The molecule has 5 atom stereocenters. The quantitative estimate of drug-likeness (QED) is 0.372. The number of carboxylic acid groups (broad SMARTS) is 1. The Labute approximate surface area is 244 Å². The SMILES string of the molecule is Cc1cc(F)ccc1[C@H]1C[C@@H](N2C[C@H]3C[C@@]3(C(=O)O)C2)CCN1C(=O)N(C)[C@@H](C)c1cc(C(F)(F)F)cc(C(F)(F)F)c1. The van der Waals surface area contributed by atoms with Gasteiger partial charge in [0.1, 0.15) is 5.82 Å². The van der Waals surface area contributed by atoms with Crippen molar-refractivity contribution in [3.8, 4) is 0 Å². The third-order valence-electron chi connectivity index (χ3n) is 9.50. The molecule has 0 radical (unpaired) electrons. The summed E-state index contributed by atoms with van der Waals surface area (Å²) in [5.74, 6) is -1.22. The number of aliphatic carboxylic acids is 1. The van der Waals surface area contributed by atoms with Crippen LogP contribution in [0.5, 0.6) is 0 Å². The first-order valence-corrected chi connectivity index (χ1v) is 14.0. The maximum Gasteiger partial charge on any atom is 0.416 e. The highest BCUT2D eigenvalue weighted by atomic mass is 19.4. The average Bonchev–Trinajstić information content (AvgIpc) is 3.51. The molecule has 6 nitrogen and oxygen atoms in total. The van der Waals surface area contributed by atoms with Gasteiger partial charge in [-0.25, -0.2) is 9.18 Å². The third-order valence-corrected chi connectivity index (χ3v) is 9.50. The normalized spacial score (nSPS) is 26.7. The summed E-state index contributed by atoms with van der Waals surface area (Å²) in [6.07, 6.45) is -8.52. The van der Waals surface area contributed by atoms with Gasteiger partial charge in [-0.15, -0.1) is 0 Å². The molecule has 5 rings (SSSR count). The Morgan fingerprint density at radius 1 is 1.05 bits per heavy atom. The zero-order valence-electron chi connectivity index (χ0n) is 23.8. The number of carbonyl (C=O) groups is 2. The summed E-state index contributed by atoms with van der Waals surface area (Å²) in [4.78, 5) is 30.5. The number of nitrogens with zero attached hydrogens (tertiary/aromatic N) is 3. The van der Waals surface area contributed by atoms with E-state index in [1.165, 1.54) is 31.0 Å². The molecule has 2 aromatic rings. The van der Waals surface area contributed by atoms with Crippen molar-refractivity contribution in [1.29, 1.82) is 0 Å². The Hall–Kier alpha value is -3.35. The van der Waals surface area contributed by atoms with Gasteiger partial charge >= 0.3 is 24.4 Å². The van der Waals surface area contributed by atoms with E-state index in [1.54, 1.807) is 13.0 Å². The van der Waals surface area contributed by atoms with E-state index in [0.717, 1.165) is 4.90 Å². The van der Waals surface area contributed by atoms with Crippen molar-refractivity contribution < 1.29 is 45.4 Å². The van der Waals surface area contributed by atoms with Gasteiger partial charge in [-0.2, -0.15) is 26.3 Å². The Morgan fingerprint density at radius 3 is 2.21 bits per heavy atom. The summed E-state index contributed by atoms with van der Waals surface area (Å²) in [5, 5.41) is 9.72. The summed E-state index contributed by atoms with van der Waals surface area (Å²) in [6.45, 7) is 4.28. The molecule has 2 aliphatic heterocycles. The lowest BCUT2D eigenvalue weighted by atomic mass is 9.88. The van der Waals surface area contributed by atoms with E-state index >= 15 is 0 Å². The highest BCUT2D eigenvalue weighted by Gasteiger charge is 2.66. The highest BCUT2D eigenvalue weighted by Crippen LogP contribution is 2.59. The van der Waals surface area contributed by atoms with Crippen LogP contribution in [0.15, 0.2) is 36.4 Å². The summed E-state index contributed by atoms with van der Waals surface area (Å²) < 4.78 is 95.0. The van der Waals surface area contributed by atoms with Crippen LogP contribution in [0.4, 0.5) is 35.5 Å². The van der Waals surface area contributed by atoms with Crippen molar-refractivity contribution in [3.05, 3.63) is 70.0 Å². The lowest BCUT2D eigenvalue weighted by Gasteiger charge is -2.45. The fourth-order valence-corrected chi connectivity index (χ4v) is 6.76. The molecule has 1 aliphatic carbocycles. The van der Waals surface area contributed by atoms with Crippen LogP contribution in [-0.4, -0.2) is 64.5 Å². The zero-order valence-corrected chi connectivity index (χ0v) is 23.8. The average molecular weight is 616 g/mol. The summed E-state index contributed by atoms with van der Waals surface area (Å²) in [7, 11) is 1.33. The van der Waals surface area contributed by atoms with E-state index in [9.17, 15) is 45.4 Å². The van der Waals surface area contributed by atoms with Crippen LogP contribution in [0.3, 0.4) is 0 Å². The van der Waals surface area contributed by atoms with Gasteiger partial charge in [-0.1, -0.05) is 6.07 Å². The number of hydrogen-bond acceptors (Lipinski definition) is 3. The molecule has 0 bridgehead atoms. The maximum absolute atomic E-state index is 14.0. The predicted octanol–water partition coefficient (Wildman–Crippen LogP) is 6.90. The lowest BCUT2D eigenvalue weighted by molar-refractivity contribution is -0.144. The van der Waals surface area contributed by atoms with Gasteiger partial charge in [-0.3, -0.25) is 9.69 Å². The van der Waals surface area contributed by atoms with Crippen LogP contribution >= 0.6 is 0 Å². The van der Waals surface area contributed by atoms with Gasteiger partial charge in [0.15, 0.2) is 0 Å². The second-order valence-corrected chi connectivity index (χ2v) is 12.1. The molecule has 0 spiro atoms. The molecule has 0 unspecified atom stereocenters. The number of likely N-dealkylation sites (tertiary alicyclic amines) is 2. The summed E-state index contributed by atoms with van der Waals surface area (Å²) >= 11 is 0. The van der Waals surface area contributed by atoms with Gasteiger partial charge in [0.25, 0.3) is 0 Å². The van der Waals surface area contributed by atoms with E-state index in [1.807, 2.05) is 0 Å². The molecular weight excluding hydrogens is 583 g/mol. The monoisotopic (exact) mass is 615 g/mol. The van der Waals surface area contributed by atoms with E-state index in [4.69, 9.17) is 0 Å². The molecule has 3 aliphatic rings. The third kappa shape index (κ3) is 5.80. The number of carbonyl (C=O) groups excluding carboxylic acids is 1. The first-order valence-electron chi connectivity index (χ1n) is 14.0. The predicted molar refractivity (Wildman–Crippen MR) is 141 cm³/mol. The maximum atomic E-state index is 14.0. The topological polar surface area (TPSA) is 64.1 Å². The first kappa shape index (κ1) is 31.1. The number of urea groups is 1. The highest BCUT2D eigenvalue weighted by molar-refractivity contribution is 5.79. The van der Waals surface area contributed by atoms with Crippen molar-refractivity contribution in [2.45, 2.75) is 63.6 Å². The molecule has 2 saturated heterocycles. The van der Waals surface area contributed by atoms with Crippen LogP contribution in [-0.2, 0) is 17.1 Å². The number of benzene rings is 2. The lowest BCUT2D eigenvalue weighted by Crippen LogP contribution is -2.52. The Bertz CT molecular complexity index is 1400. The Balaban J connectivity index is 1.43. The molecular formula is C30H32F7N3O3. The number of amides is 2. The number of halogens is 7. The minimum Gasteiger partial charge on any atom is -0.481 e. The molecule has 13 heteroatoms. The van der Waals surface area contributed by atoms with Gasteiger partial charge in [-0.05, 0) is 86.1 Å². The number of aryl methyl sites for hydroxylation is 1. The van der Waals surface area contributed by atoms with Crippen molar-refractivity contribution in [2.75, 3.05) is 26.7 Å². The Kier molecular flexibility index (Phi) is 7.72. The second kappa shape index (κ2) is 10.7. The Morgan fingerprint density at radius 2 is 1.67 bits per heavy atom. The van der Waals surface area contributed by atoms with Gasteiger partial charge in [0.2, 0.25) is 0 Å². The fraction of sp³-hybridized carbons (Fsp3) is 0.533. The molecule has 0 aromatic heterocycles. The van der Waals surface area contributed by atoms with E-state index in [2.05, 4.69) is 4.90 Å². The summed E-state index contributed by atoms with van der Waals surface area (Å²) in [6, 6.07) is 3.07. The van der Waals surface area contributed by atoms with Crippen molar-refractivity contribution in [3.63, 3.8) is 0 Å². The van der Waals surface area contributed by atoms with Crippen molar-refractivity contribution >= 4 is 12.0 Å². The van der Waals surface area contributed by atoms with Crippen LogP contribution in [0, 0.1) is 24.1 Å². The van der Waals surface area contributed by atoms with E-state index < -0.39 is 58.8 Å². The second-order valence-electron chi connectivity index (χ2n) is 12.1. The number of carboxylic acids is 1. The molecule has 3 fully saturated rings. The van der Waals surface area contributed by atoms with E-state index in [-0.39, 0.29) is 30.1 Å². The molecule has 2 heterocycles. The standard InChI is InChI=1S/C30H32F7N3O3/c1-16-8-22(31)4-5-24(16)25-12-23(39-14-21-13-28(21,15-39)26(41)42)6-7-40(25)27(43)38(3)17(2)18-9-19(29(32,33)34)11-20(10-18)30(35,36)37/h4-5,8-11,17,21,23,25H,6-7,12-15H2,1-3H3,(H,41,42)/t17-,21+,23-,25+,28+/m0/s1. The van der Waals surface area contributed by atoms with Crippen LogP contribution < -0.4 is 0 Å². The first-order chi connectivity index (χ1) is 19.9. The molecule has 43 heavy (non-hydrogen) atoms. The van der Waals surface area contributed by atoms with Crippen molar-refractivity contribution in [1.82, 2.24) is 14.7 Å². The van der Waals surface area contributed by atoms with Gasteiger partial charge < -0.3 is 14.9 Å². The number of fused-ring (bicyclic) bond motifs is 1. The van der Waals surface area contributed by atoms with Crippen LogP contribution in [0.1, 0.15) is 66.1 Å². The minimum atomic E-state index is -5.03. The number of piperidine rings is 2. The molecule has 1 N–H and O–H groups in total. The van der Waals surface area contributed by atoms with E-state index in [0.29, 0.717) is 55.6 Å². The number of alkyl halides is 6. The molecule has 1 saturated carbocycles. The number of hydrogen-bond donors (Lipinski definition) is 1. The molecule has 2 amide bonds. The number of rotatable bonds is 5. The summed E-state index contributed by atoms with van der Waals surface area (Å²) in [5.41, 5.74) is -2.75.